The lowest BCUT2D eigenvalue weighted by molar-refractivity contribution is 1.09. The van der Waals surface area contributed by atoms with Crippen molar-refractivity contribution in [3.63, 3.8) is 0 Å². The first-order valence-electron chi connectivity index (χ1n) is 15.5. The molecule has 0 aliphatic heterocycles. The number of fused-ring (bicyclic) bond motifs is 12. The van der Waals surface area contributed by atoms with Crippen molar-refractivity contribution in [3.8, 4) is 28.3 Å². The van der Waals surface area contributed by atoms with Crippen LogP contribution in [0, 0.1) is 0 Å². The summed E-state index contributed by atoms with van der Waals surface area (Å²) >= 11 is 1.86. The Hall–Kier alpha value is -5.84. The van der Waals surface area contributed by atoms with Gasteiger partial charge in [-0.3, -0.25) is 0 Å². The zero-order valence-electron chi connectivity index (χ0n) is 24.7. The second kappa shape index (κ2) is 9.83. The van der Waals surface area contributed by atoms with Crippen LogP contribution in [0.1, 0.15) is 0 Å². The van der Waals surface area contributed by atoms with E-state index in [1.807, 2.05) is 35.7 Å². The summed E-state index contributed by atoms with van der Waals surface area (Å²) in [5.74, 6) is 0.713. The van der Waals surface area contributed by atoms with Gasteiger partial charge in [0.15, 0.2) is 5.82 Å². The van der Waals surface area contributed by atoms with Crippen LogP contribution in [0.5, 0.6) is 0 Å². The number of thiophene rings is 1. The molecule has 0 saturated heterocycles. The van der Waals surface area contributed by atoms with Gasteiger partial charge in [0.2, 0.25) is 0 Å². The molecule has 0 amide bonds. The van der Waals surface area contributed by atoms with Crippen molar-refractivity contribution in [3.05, 3.63) is 152 Å². The molecule has 4 heteroatoms. The van der Waals surface area contributed by atoms with Crippen molar-refractivity contribution in [2.45, 2.75) is 0 Å². The Kier molecular flexibility index (Phi) is 5.45. The van der Waals surface area contributed by atoms with Gasteiger partial charge in [0, 0.05) is 47.5 Å². The van der Waals surface area contributed by atoms with Crippen LogP contribution in [-0.2, 0) is 0 Å². The molecule has 0 N–H and O–H groups in total. The van der Waals surface area contributed by atoms with Crippen LogP contribution in [0.2, 0.25) is 0 Å². The van der Waals surface area contributed by atoms with E-state index in [4.69, 9.17) is 9.97 Å². The largest absolute Gasteiger partial charge is 0.305 e. The molecule has 0 radical (unpaired) electrons. The van der Waals surface area contributed by atoms with Gasteiger partial charge in [-0.2, -0.15) is 0 Å². The second-order valence-electron chi connectivity index (χ2n) is 11.7. The van der Waals surface area contributed by atoms with Crippen LogP contribution in [0.15, 0.2) is 152 Å². The minimum Gasteiger partial charge on any atom is -0.305 e. The van der Waals surface area contributed by atoms with Crippen LogP contribution >= 0.6 is 11.3 Å². The van der Waals surface area contributed by atoms with Crippen LogP contribution in [0.25, 0.3) is 91.9 Å². The SMILES string of the molecule is c1ccc(-c2ncc(-n3c4ccc5sc6ccccc6c5c4c4c5ccccc5c5ccccc5c43)c(-c3ccccc3)n2)cc1. The molecule has 0 atom stereocenters. The maximum absolute atomic E-state index is 5.30. The molecule has 10 rings (SSSR count). The zero-order valence-corrected chi connectivity index (χ0v) is 25.5. The smallest absolute Gasteiger partial charge is 0.159 e. The van der Waals surface area contributed by atoms with E-state index in [-0.39, 0.29) is 0 Å². The van der Waals surface area contributed by atoms with Gasteiger partial charge in [0.05, 0.1) is 28.6 Å². The fraction of sp³-hybridized carbons (Fsp3) is 0. The molecule has 0 fully saturated rings. The molecule has 3 aromatic heterocycles. The average Bonchev–Trinajstić information content (AvgIpc) is 3.68. The molecule has 46 heavy (non-hydrogen) atoms. The van der Waals surface area contributed by atoms with E-state index in [2.05, 4.69) is 132 Å². The quantitative estimate of drug-likeness (QED) is 0.188. The topological polar surface area (TPSA) is 30.7 Å². The fourth-order valence-corrected chi connectivity index (χ4v) is 8.41. The maximum atomic E-state index is 5.30. The van der Waals surface area contributed by atoms with Gasteiger partial charge in [-0.25, -0.2) is 9.97 Å². The average molecular weight is 604 g/mol. The number of benzene rings is 7. The predicted molar refractivity (Wildman–Crippen MR) is 195 cm³/mol. The molecule has 0 saturated carbocycles. The van der Waals surface area contributed by atoms with Crippen molar-refractivity contribution >= 4 is 74.9 Å². The summed E-state index contributed by atoms with van der Waals surface area (Å²) in [6.45, 7) is 0. The van der Waals surface area contributed by atoms with E-state index in [1.165, 1.54) is 58.0 Å². The van der Waals surface area contributed by atoms with Crippen molar-refractivity contribution in [1.82, 2.24) is 14.5 Å². The summed E-state index contributed by atoms with van der Waals surface area (Å²) in [5.41, 5.74) is 6.25. The van der Waals surface area contributed by atoms with Crippen molar-refractivity contribution in [2.75, 3.05) is 0 Å². The van der Waals surface area contributed by atoms with Gasteiger partial charge in [-0.05, 0) is 34.4 Å². The molecule has 3 nitrogen and oxygen atoms in total. The minimum absolute atomic E-state index is 0.713. The Bertz CT molecular complexity index is 2790. The van der Waals surface area contributed by atoms with Crippen molar-refractivity contribution in [1.29, 1.82) is 0 Å². The van der Waals surface area contributed by atoms with Gasteiger partial charge in [-0.1, -0.05) is 127 Å². The van der Waals surface area contributed by atoms with Gasteiger partial charge < -0.3 is 4.57 Å². The van der Waals surface area contributed by atoms with Gasteiger partial charge in [0.25, 0.3) is 0 Å². The third kappa shape index (κ3) is 3.59. The highest BCUT2D eigenvalue weighted by atomic mass is 32.1. The predicted octanol–water partition coefficient (Wildman–Crippen LogP) is 11.6. The molecule has 214 valence electrons. The van der Waals surface area contributed by atoms with Gasteiger partial charge in [-0.15, -0.1) is 11.3 Å². The highest BCUT2D eigenvalue weighted by molar-refractivity contribution is 7.26. The molecular weight excluding hydrogens is 579 g/mol. The van der Waals surface area contributed by atoms with E-state index in [0.29, 0.717) is 5.82 Å². The Balaban J connectivity index is 1.46. The summed E-state index contributed by atoms with van der Waals surface area (Å²) in [7, 11) is 0. The summed E-state index contributed by atoms with van der Waals surface area (Å²) < 4.78 is 5.03. The van der Waals surface area contributed by atoms with E-state index >= 15 is 0 Å². The van der Waals surface area contributed by atoms with Gasteiger partial charge in [0.1, 0.15) is 0 Å². The highest BCUT2D eigenvalue weighted by Crippen LogP contribution is 2.48. The first-order chi connectivity index (χ1) is 22.8. The lowest BCUT2D eigenvalue weighted by Crippen LogP contribution is -2.03. The minimum atomic E-state index is 0.713. The summed E-state index contributed by atoms with van der Waals surface area (Å²) in [4.78, 5) is 10.3. The Labute approximate surface area is 268 Å². The maximum Gasteiger partial charge on any atom is 0.159 e. The molecule has 0 bridgehead atoms. The lowest BCUT2D eigenvalue weighted by atomic mass is 9.95. The third-order valence-corrected chi connectivity index (χ3v) is 10.4. The first kappa shape index (κ1) is 25.5. The van der Waals surface area contributed by atoms with Crippen LogP contribution < -0.4 is 0 Å². The molecule has 0 spiro atoms. The third-order valence-electron chi connectivity index (χ3n) is 9.23. The molecule has 0 aliphatic rings. The van der Waals surface area contributed by atoms with Crippen molar-refractivity contribution < 1.29 is 0 Å². The standard InChI is InChI=1S/C42H25N3S/c1-3-13-26(14-4-1)40-34(25-43-42(44-40)27-15-5-2-6-16-27)45-33-23-24-36-37(32-21-11-12-22-35(32)46-36)39(33)38-30-19-9-7-17-28(30)29-18-8-10-20-31(29)41(38)45/h1-25H. The highest BCUT2D eigenvalue weighted by Gasteiger charge is 2.24. The Morgan fingerprint density at radius 3 is 1.83 bits per heavy atom. The van der Waals surface area contributed by atoms with Crippen LogP contribution in [0.4, 0.5) is 0 Å². The van der Waals surface area contributed by atoms with E-state index < -0.39 is 0 Å². The summed E-state index contributed by atoms with van der Waals surface area (Å²) in [6, 6.07) is 51.8. The lowest BCUT2D eigenvalue weighted by Gasteiger charge is -2.16. The number of nitrogens with zero attached hydrogens (tertiary/aromatic N) is 3. The Morgan fingerprint density at radius 1 is 0.457 bits per heavy atom. The molecular formula is C42H25N3S. The molecule has 10 aromatic rings. The Morgan fingerprint density at radius 2 is 1.07 bits per heavy atom. The fourth-order valence-electron chi connectivity index (χ4n) is 7.30. The van der Waals surface area contributed by atoms with Crippen LogP contribution in [-0.4, -0.2) is 14.5 Å². The molecule has 7 aromatic carbocycles. The number of hydrogen-bond acceptors (Lipinski definition) is 3. The monoisotopic (exact) mass is 603 g/mol. The van der Waals surface area contributed by atoms with Crippen LogP contribution in [0.3, 0.4) is 0 Å². The molecule has 0 aliphatic carbocycles. The second-order valence-corrected chi connectivity index (χ2v) is 12.8. The number of aromatic nitrogens is 3. The zero-order chi connectivity index (χ0) is 30.2. The summed E-state index contributed by atoms with van der Waals surface area (Å²) in [5, 5.41) is 10.1. The normalized spacial score (nSPS) is 11.9. The number of rotatable bonds is 3. The van der Waals surface area contributed by atoms with E-state index in [0.717, 1.165) is 28.0 Å². The summed E-state index contributed by atoms with van der Waals surface area (Å²) in [6.07, 6.45) is 2.02. The van der Waals surface area contributed by atoms with Crippen molar-refractivity contribution in [2.24, 2.45) is 0 Å². The first-order valence-corrected chi connectivity index (χ1v) is 16.3. The number of hydrogen-bond donors (Lipinski definition) is 0. The van der Waals surface area contributed by atoms with Gasteiger partial charge >= 0.3 is 0 Å². The molecule has 0 unspecified atom stereocenters. The molecule has 3 heterocycles. The van der Waals surface area contributed by atoms with E-state index in [9.17, 15) is 0 Å². The van der Waals surface area contributed by atoms with E-state index in [1.54, 1.807) is 0 Å².